The van der Waals surface area contributed by atoms with Gasteiger partial charge in [-0.15, -0.1) is 0 Å². The summed E-state index contributed by atoms with van der Waals surface area (Å²) in [6, 6.07) is 1.44. The minimum Gasteiger partial charge on any atom is -0.320 e. The zero-order valence-corrected chi connectivity index (χ0v) is 9.11. The second-order valence-electron chi connectivity index (χ2n) is 2.65. The largest absolute Gasteiger partial charge is 0.320 e. The van der Waals surface area contributed by atoms with Gasteiger partial charge >= 0.3 is 0 Å². The van der Waals surface area contributed by atoms with Crippen molar-refractivity contribution in [1.29, 1.82) is 0 Å². The maximum atomic E-state index is 11.6. The van der Waals surface area contributed by atoms with E-state index in [1.54, 1.807) is 0 Å². The highest BCUT2D eigenvalue weighted by molar-refractivity contribution is 6.28. The van der Waals surface area contributed by atoms with Crippen LogP contribution in [0, 0.1) is 0 Å². The van der Waals surface area contributed by atoms with Crippen LogP contribution in [0.1, 0.15) is 10.5 Å². The van der Waals surface area contributed by atoms with Crippen molar-refractivity contribution in [3.8, 4) is 0 Å². The van der Waals surface area contributed by atoms with Gasteiger partial charge in [0.15, 0.2) is 0 Å². The maximum Gasteiger partial charge on any atom is 0.274 e. The van der Waals surface area contributed by atoms with Gasteiger partial charge < -0.3 is 5.32 Å². The topological polar surface area (TPSA) is 67.2 Å². The molecule has 5 nitrogen and oxygen atoms in total. The molecule has 1 aromatic heterocycles. The van der Waals surface area contributed by atoms with E-state index in [1.165, 1.54) is 24.7 Å². The van der Waals surface area contributed by atoms with E-state index in [0.29, 0.717) is 5.70 Å². The van der Waals surface area contributed by atoms with Crippen molar-refractivity contribution in [2.24, 2.45) is 4.99 Å². The molecule has 0 fully saturated rings. The first-order valence-corrected chi connectivity index (χ1v) is 4.64. The van der Waals surface area contributed by atoms with Crippen LogP contribution in [0.4, 0.5) is 0 Å². The highest BCUT2D eigenvalue weighted by Gasteiger charge is 2.07. The van der Waals surface area contributed by atoms with Gasteiger partial charge in [-0.3, -0.25) is 9.79 Å². The molecule has 0 saturated carbocycles. The summed E-state index contributed by atoms with van der Waals surface area (Å²) in [4.78, 5) is 22.7. The van der Waals surface area contributed by atoms with Gasteiger partial charge in [0.05, 0.1) is 5.70 Å². The first-order chi connectivity index (χ1) is 7.63. The van der Waals surface area contributed by atoms with Crippen LogP contribution >= 0.6 is 11.6 Å². The molecule has 0 aliphatic carbocycles. The van der Waals surface area contributed by atoms with E-state index in [1.807, 2.05) is 0 Å². The van der Waals surface area contributed by atoms with E-state index in [4.69, 9.17) is 11.6 Å². The molecule has 6 heteroatoms. The third kappa shape index (κ3) is 3.62. The number of hydrogen-bond donors (Lipinski definition) is 1. The van der Waals surface area contributed by atoms with Crippen LogP contribution in [0.2, 0.25) is 5.28 Å². The number of aliphatic imine (C=N–C) groups is 1. The van der Waals surface area contributed by atoms with Crippen LogP contribution in [0.15, 0.2) is 42.3 Å². The Hall–Kier alpha value is -2.01. The van der Waals surface area contributed by atoms with E-state index in [-0.39, 0.29) is 11.0 Å². The molecule has 0 unspecified atom stereocenters. The van der Waals surface area contributed by atoms with E-state index < -0.39 is 5.91 Å². The minimum absolute atomic E-state index is 0.0121. The summed E-state index contributed by atoms with van der Waals surface area (Å²) >= 11 is 5.54. The fourth-order valence-electron chi connectivity index (χ4n) is 0.846. The highest BCUT2D eigenvalue weighted by Crippen LogP contribution is 2.01. The Kier molecular flexibility index (Phi) is 4.35. The van der Waals surface area contributed by atoms with Gasteiger partial charge in [-0.05, 0) is 17.7 Å². The number of hydrogen-bond acceptors (Lipinski definition) is 4. The molecular formula is C10H9ClN4O. The SMILES string of the molecule is C=C/N=C\C(=C)NC(=O)c1ccnc(Cl)n1. The summed E-state index contributed by atoms with van der Waals surface area (Å²) in [6.45, 7) is 6.97. The Balaban J connectivity index is 2.69. The molecule has 82 valence electrons. The number of carbonyl (C=O) groups excluding carboxylic acids is 1. The smallest absolute Gasteiger partial charge is 0.274 e. The first-order valence-electron chi connectivity index (χ1n) is 4.26. The lowest BCUT2D eigenvalue weighted by molar-refractivity contribution is 0.0963. The van der Waals surface area contributed by atoms with Crippen LogP contribution in [0.5, 0.6) is 0 Å². The molecule has 0 aliphatic heterocycles. The van der Waals surface area contributed by atoms with E-state index in [2.05, 4.69) is 33.4 Å². The fraction of sp³-hybridized carbons (Fsp3) is 0. The minimum atomic E-state index is -0.426. The summed E-state index contributed by atoms with van der Waals surface area (Å²) in [5.74, 6) is -0.426. The Labute approximate surface area is 97.6 Å². The Morgan fingerprint density at radius 1 is 1.62 bits per heavy atom. The van der Waals surface area contributed by atoms with Gasteiger partial charge in [-0.2, -0.15) is 0 Å². The zero-order valence-electron chi connectivity index (χ0n) is 8.35. The number of allylic oxidation sites excluding steroid dienone is 1. The third-order valence-corrected chi connectivity index (χ3v) is 1.65. The zero-order chi connectivity index (χ0) is 12.0. The molecule has 0 saturated heterocycles. The quantitative estimate of drug-likeness (QED) is 0.638. The van der Waals surface area contributed by atoms with E-state index in [9.17, 15) is 4.79 Å². The lowest BCUT2D eigenvalue weighted by atomic mass is 10.3. The van der Waals surface area contributed by atoms with Gasteiger partial charge in [0.1, 0.15) is 5.69 Å². The molecular weight excluding hydrogens is 228 g/mol. The molecule has 1 amide bonds. The molecule has 16 heavy (non-hydrogen) atoms. The summed E-state index contributed by atoms with van der Waals surface area (Å²) in [6.07, 6.45) is 4.09. The molecule has 0 aromatic carbocycles. The predicted molar refractivity (Wildman–Crippen MR) is 62.3 cm³/mol. The van der Waals surface area contributed by atoms with Crippen molar-refractivity contribution in [3.63, 3.8) is 0 Å². The molecule has 1 heterocycles. The van der Waals surface area contributed by atoms with Crippen molar-refractivity contribution in [1.82, 2.24) is 15.3 Å². The van der Waals surface area contributed by atoms with Gasteiger partial charge in [-0.25, -0.2) is 9.97 Å². The summed E-state index contributed by atoms with van der Waals surface area (Å²) in [5.41, 5.74) is 0.493. The first kappa shape index (κ1) is 12.1. The average molecular weight is 237 g/mol. The molecule has 0 atom stereocenters. The molecule has 0 spiro atoms. The van der Waals surface area contributed by atoms with Crippen molar-refractivity contribution in [2.45, 2.75) is 0 Å². The van der Waals surface area contributed by atoms with Gasteiger partial charge in [0, 0.05) is 18.6 Å². The van der Waals surface area contributed by atoms with Crippen molar-refractivity contribution in [3.05, 3.63) is 48.3 Å². The van der Waals surface area contributed by atoms with Crippen LogP contribution in [0.3, 0.4) is 0 Å². The van der Waals surface area contributed by atoms with Crippen molar-refractivity contribution in [2.75, 3.05) is 0 Å². The van der Waals surface area contributed by atoms with Gasteiger partial charge in [-0.1, -0.05) is 13.2 Å². The monoisotopic (exact) mass is 236 g/mol. The lowest BCUT2D eigenvalue weighted by Crippen LogP contribution is -2.23. The highest BCUT2D eigenvalue weighted by atomic mass is 35.5. The summed E-state index contributed by atoms with van der Waals surface area (Å²) < 4.78 is 0. The van der Waals surface area contributed by atoms with Gasteiger partial charge in [0.25, 0.3) is 5.91 Å². The number of rotatable bonds is 4. The van der Waals surface area contributed by atoms with Crippen LogP contribution in [0.25, 0.3) is 0 Å². The van der Waals surface area contributed by atoms with E-state index in [0.717, 1.165) is 0 Å². The van der Waals surface area contributed by atoms with E-state index >= 15 is 0 Å². The standard InChI is InChI=1S/C10H9ClN4O/c1-3-12-6-7(2)14-9(16)8-4-5-13-10(11)15-8/h3-6H,1-2H2,(H,14,16)/b12-6-. The molecule has 0 aliphatic rings. The Morgan fingerprint density at radius 2 is 2.38 bits per heavy atom. The van der Waals surface area contributed by atoms with Crippen LogP contribution in [-0.4, -0.2) is 22.1 Å². The van der Waals surface area contributed by atoms with Gasteiger partial charge in [0.2, 0.25) is 5.28 Å². The molecule has 1 N–H and O–H groups in total. The number of halogens is 1. The number of nitrogens with zero attached hydrogens (tertiary/aromatic N) is 3. The second-order valence-corrected chi connectivity index (χ2v) is 2.99. The predicted octanol–water partition coefficient (Wildman–Crippen LogP) is 1.59. The summed E-state index contributed by atoms with van der Waals surface area (Å²) in [7, 11) is 0. The van der Waals surface area contributed by atoms with Crippen molar-refractivity contribution < 1.29 is 4.79 Å². The second kappa shape index (κ2) is 5.77. The number of carbonyl (C=O) groups is 1. The lowest BCUT2D eigenvalue weighted by Gasteiger charge is -2.02. The Morgan fingerprint density at radius 3 is 3.00 bits per heavy atom. The normalized spacial score (nSPS) is 10.1. The molecule has 0 bridgehead atoms. The fourth-order valence-corrected chi connectivity index (χ4v) is 0.994. The molecule has 1 aromatic rings. The van der Waals surface area contributed by atoms with Crippen molar-refractivity contribution >= 4 is 23.7 Å². The number of aromatic nitrogens is 2. The number of amides is 1. The molecule has 0 radical (unpaired) electrons. The maximum absolute atomic E-state index is 11.6. The van der Waals surface area contributed by atoms with Crippen LogP contribution in [-0.2, 0) is 0 Å². The average Bonchev–Trinajstić information content (AvgIpc) is 2.26. The number of nitrogens with one attached hydrogen (secondary N) is 1. The Bertz CT molecular complexity index is 456. The molecule has 1 rings (SSSR count). The summed E-state index contributed by atoms with van der Waals surface area (Å²) in [5, 5.41) is 2.49. The third-order valence-electron chi connectivity index (χ3n) is 1.47. The van der Waals surface area contributed by atoms with Crippen LogP contribution < -0.4 is 5.32 Å².